The van der Waals surface area contributed by atoms with Gasteiger partial charge in [-0.1, -0.05) is 51.1 Å². The molecule has 0 heterocycles. The summed E-state index contributed by atoms with van der Waals surface area (Å²) in [4.78, 5) is 11.8. The number of hydrogen-bond donors (Lipinski definition) is 0. The molecule has 25 heavy (non-hydrogen) atoms. The van der Waals surface area contributed by atoms with Crippen LogP contribution in [0.2, 0.25) is 0 Å². The third-order valence-electron chi connectivity index (χ3n) is 3.94. The number of benzene rings is 2. The number of rotatable bonds is 4. The number of carbonyl (C=O) groups is 1. The van der Waals surface area contributed by atoms with Gasteiger partial charge in [-0.2, -0.15) is 0 Å². The lowest BCUT2D eigenvalue weighted by molar-refractivity contribution is 0.0206. The molecule has 0 aliphatic rings. The van der Waals surface area contributed by atoms with Crippen molar-refractivity contribution in [2.24, 2.45) is 0 Å². The average Bonchev–Trinajstić information content (AvgIpc) is 2.53. The lowest BCUT2D eigenvalue weighted by Gasteiger charge is -2.18. The maximum absolute atomic E-state index is 11.8. The van der Waals surface area contributed by atoms with Crippen molar-refractivity contribution >= 4 is 6.16 Å². The first-order chi connectivity index (χ1) is 11.7. The van der Waals surface area contributed by atoms with Crippen LogP contribution in [0.25, 0.3) is 11.1 Å². The minimum atomic E-state index is -0.684. The van der Waals surface area contributed by atoms with E-state index in [2.05, 4.69) is 39.0 Å². The van der Waals surface area contributed by atoms with Crippen molar-refractivity contribution in [2.45, 2.75) is 59.5 Å². The predicted molar refractivity (Wildman–Crippen MR) is 102 cm³/mol. The summed E-state index contributed by atoms with van der Waals surface area (Å²) < 4.78 is 10.4. The zero-order chi connectivity index (χ0) is 18.6. The van der Waals surface area contributed by atoms with E-state index in [4.69, 9.17) is 9.47 Å². The van der Waals surface area contributed by atoms with Crippen LogP contribution in [0.3, 0.4) is 0 Å². The largest absolute Gasteiger partial charge is 0.514 e. The quantitative estimate of drug-likeness (QED) is 0.480. The molecular formula is C22H28O3. The highest BCUT2D eigenvalue weighted by Crippen LogP contribution is 2.29. The average molecular weight is 340 g/mol. The van der Waals surface area contributed by atoms with Gasteiger partial charge in [0.25, 0.3) is 0 Å². The van der Waals surface area contributed by atoms with Gasteiger partial charge in [0.1, 0.15) is 11.4 Å². The van der Waals surface area contributed by atoms with Crippen LogP contribution < -0.4 is 4.74 Å². The summed E-state index contributed by atoms with van der Waals surface area (Å²) in [5, 5.41) is 0. The lowest BCUT2D eigenvalue weighted by atomic mass is 9.92. The molecule has 0 spiro atoms. The number of ether oxygens (including phenoxy) is 2. The highest BCUT2D eigenvalue weighted by atomic mass is 16.7. The minimum absolute atomic E-state index is 0.482. The highest BCUT2D eigenvalue weighted by molar-refractivity contribution is 5.70. The second-order valence-corrected chi connectivity index (χ2v) is 7.52. The first-order valence-electron chi connectivity index (χ1n) is 8.83. The van der Waals surface area contributed by atoms with Crippen molar-refractivity contribution in [3.05, 3.63) is 53.6 Å². The Kier molecular flexibility index (Phi) is 5.89. The molecule has 2 rings (SSSR count). The first kappa shape index (κ1) is 19.0. The Labute approximate surface area is 151 Å². The van der Waals surface area contributed by atoms with Crippen LogP contribution in [-0.4, -0.2) is 11.8 Å². The van der Waals surface area contributed by atoms with Crippen LogP contribution >= 0.6 is 0 Å². The summed E-state index contributed by atoms with van der Waals surface area (Å²) in [7, 11) is 0. The summed E-state index contributed by atoms with van der Waals surface area (Å²) in [5.74, 6) is 0.968. The van der Waals surface area contributed by atoms with Crippen LogP contribution in [0.5, 0.6) is 5.75 Å². The van der Waals surface area contributed by atoms with Crippen LogP contribution in [0.15, 0.2) is 42.5 Å². The van der Waals surface area contributed by atoms with E-state index < -0.39 is 11.8 Å². The Morgan fingerprint density at radius 1 is 1.04 bits per heavy atom. The molecule has 3 nitrogen and oxygen atoms in total. The van der Waals surface area contributed by atoms with E-state index in [1.165, 1.54) is 16.7 Å². The van der Waals surface area contributed by atoms with Gasteiger partial charge < -0.3 is 9.47 Å². The zero-order valence-electron chi connectivity index (χ0n) is 16.1. The third-order valence-corrected chi connectivity index (χ3v) is 3.94. The second kappa shape index (κ2) is 7.73. The molecule has 0 unspecified atom stereocenters. The van der Waals surface area contributed by atoms with Crippen molar-refractivity contribution in [3.63, 3.8) is 0 Å². The Morgan fingerprint density at radius 2 is 1.68 bits per heavy atom. The molecule has 0 fully saturated rings. The third kappa shape index (κ3) is 5.35. The Bertz CT molecular complexity index is 722. The summed E-state index contributed by atoms with van der Waals surface area (Å²) in [6.45, 7) is 12.0. The number of hydrogen-bond acceptors (Lipinski definition) is 3. The van der Waals surface area contributed by atoms with E-state index in [0.29, 0.717) is 11.7 Å². The van der Waals surface area contributed by atoms with Gasteiger partial charge in [0.2, 0.25) is 0 Å². The van der Waals surface area contributed by atoms with Gasteiger partial charge in [-0.15, -0.1) is 0 Å². The maximum Gasteiger partial charge on any atom is 0.514 e. The fraction of sp³-hybridized carbons (Fsp3) is 0.409. The van der Waals surface area contributed by atoms with E-state index in [0.717, 1.165) is 12.0 Å². The van der Waals surface area contributed by atoms with Gasteiger partial charge in [0.05, 0.1) is 0 Å². The van der Waals surface area contributed by atoms with Crippen molar-refractivity contribution in [1.82, 2.24) is 0 Å². The Balaban J connectivity index is 2.22. The van der Waals surface area contributed by atoms with Crippen LogP contribution in [0.4, 0.5) is 4.79 Å². The normalized spacial score (nSPS) is 11.5. The monoisotopic (exact) mass is 340 g/mol. The molecule has 0 saturated carbocycles. The molecule has 2 aromatic rings. The van der Waals surface area contributed by atoms with Crippen molar-refractivity contribution < 1.29 is 14.3 Å². The van der Waals surface area contributed by atoms with Gasteiger partial charge in [-0.3, -0.25) is 0 Å². The van der Waals surface area contributed by atoms with Crippen molar-refractivity contribution in [1.29, 1.82) is 0 Å². The van der Waals surface area contributed by atoms with E-state index in [9.17, 15) is 4.79 Å². The molecule has 3 heteroatoms. The van der Waals surface area contributed by atoms with Crippen LogP contribution in [0, 0.1) is 0 Å². The minimum Gasteiger partial charge on any atom is -0.428 e. The van der Waals surface area contributed by atoms with E-state index in [-0.39, 0.29) is 0 Å². The van der Waals surface area contributed by atoms with Gasteiger partial charge >= 0.3 is 6.16 Å². The number of aryl methyl sites for hydroxylation is 1. The summed E-state index contributed by atoms with van der Waals surface area (Å²) in [6.07, 6.45) is 0.292. The molecule has 0 aromatic heterocycles. The molecule has 0 aliphatic heterocycles. The fourth-order valence-corrected chi connectivity index (χ4v) is 2.60. The Hall–Kier alpha value is -2.29. The molecular weight excluding hydrogens is 312 g/mol. The van der Waals surface area contributed by atoms with Gasteiger partial charge in [-0.05, 0) is 67.5 Å². The van der Waals surface area contributed by atoms with E-state index in [1.54, 1.807) is 12.1 Å². The molecule has 0 atom stereocenters. The van der Waals surface area contributed by atoms with E-state index >= 15 is 0 Å². The Morgan fingerprint density at radius 3 is 2.20 bits per heavy atom. The molecule has 0 bridgehead atoms. The molecule has 0 amide bonds. The fourth-order valence-electron chi connectivity index (χ4n) is 2.60. The SMILES string of the molecule is CCc1ccc(C(C)C)cc1-c1ccc(OC(=O)OC(C)(C)C)cc1. The van der Waals surface area contributed by atoms with Gasteiger partial charge in [-0.25, -0.2) is 4.79 Å². The van der Waals surface area contributed by atoms with E-state index in [1.807, 2.05) is 32.9 Å². The molecule has 2 aromatic carbocycles. The zero-order valence-corrected chi connectivity index (χ0v) is 16.1. The molecule has 134 valence electrons. The standard InChI is InChI=1S/C22H28O3/c1-7-16-8-9-18(15(2)3)14-20(16)17-10-12-19(13-11-17)24-21(23)25-22(4,5)6/h8-15H,7H2,1-6H3. The predicted octanol–water partition coefficient (Wildman–Crippen LogP) is 6.35. The maximum atomic E-state index is 11.8. The molecule has 0 N–H and O–H groups in total. The summed E-state index contributed by atoms with van der Waals surface area (Å²) in [5.41, 5.74) is 4.42. The smallest absolute Gasteiger partial charge is 0.428 e. The highest BCUT2D eigenvalue weighted by Gasteiger charge is 2.18. The van der Waals surface area contributed by atoms with Gasteiger partial charge in [0.15, 0.2) is 0 Å². The van der Waals surface area contributed by atoms with Crippen molar-refractivity contribution in [3.8, 4) is 16.9 Å². The van der Waals surface area contributed by atoms with Crippen molar-refractivity contribution in [2.75, 3.05) is 0 Å². The topological polar surface area (TPSA) is 35.5 Å². The first-order valence-corrected chi connectivity index (χ1v) is 8.83. The second-order valence-electron chi connectivity index (χ2n) is 7.52. The lowest BCUT2D eigenvalue weighted by Crippen LogP contribution is -2.25. The number of carbonyl (C=O) groups excluding carboxylic acids is 1. The summed E-state index contributed by atoms with van der Waals surface area (Å²) >= 11 is 0. The summed E-state index contributed by atoms with van der Waals surface area (Å²) in [6, 6.07) is 14.2. The molecule has 0 radical (unpaired) electrons. The molecule has 0 saturated heterocycles. The van der Waals surface area contributed by atoms with Crippen LogP contribution in [0.1, 0.15) is 58.6 Å². The van der Waals surface area contributed by atoms with Crippen LogP contribution in [-0.2, 0) is 11.2 Å². The molecule has 0 aliphatic carbocycles. The van der Waals surface area contributed by atoms with Gasteiger partial charge in [0, 0.05) is 0 Å².